The number of rotatable bonds is 48. The summed E-state index contributed by atoms with van der Waals surface area (Å²) in [5, 5.41) is 0. The van der Waals surface area contributed by atoms with Gasteiger partial charge >= 0.3 is 17.9 Å². The third-order valence-corrected chi connectivity index (χ3v) is 13.3. The van der Waals surface area contributed by atoms with E-state index in [-0.39, 0.29) is 23.8 Å². The number of ether oxygens (including phenoxy) is 3. The van der Waals surface area contributed by atoms with Crippen LogP contribution in [0.25, 0.3) is 0 Å². The lowest BCUT2D eigenvalue weighted by Crippen LogP contribution is -2.28. The maximum absolute atomic E-state index is 13.2. The Morgan fingerprint density at radius 1 is 0.387 bits per heavy atom. The molecule has 0 aliphatic heterocycles. The predicted octanol–water partition coefficient (Wildman–Crippen LogP) is 16.3. The van der Waals surface area contributed by atoms with Crippen LogP contribution < -0.4 is 0 Å². The van der Waals surface area contributed by atoms with Gasteiger partial charge in [0.25, 0.3) is 0 Å². The molecule has 0 aromatic rings. The molecule has 62 heavy (non-hydrogen) atoms. The van der Waals surface area contributed by atoms with Crippen LogP contribution in [0.5, 0.6) is 0 Å². The predicted molar refractivity (Wildman–Crippen MR) is 265 cm³/mol. The molecule has 0 heterocycles. The van der Waals surface area contributed by atoms with Gasteiger partial charge in [0.1, 0.15) is 0 Å². The normalized spacial score (nSPS) is 12.7. The van der Waals surface area contributed by atoms with Crippen LogP contribution in [0.4, 0.5) is 0 Å². The van der Waals surface area contributed by atoms with Crippen LogP contribution in [0.15, 0.2) is 0 Å². The van der Waals surface area contributed by atoms with Crippen LogP contribution in [0.1, 0.15) is 279 Å². The number of nitrogens with zero attached hydrogens (tertiary/aromatic N) is 1. The highest BCUT2D eigenvalue weighted by atomic mass is 16.5. The summed E-state index contributed by atoms with van der Waals surface area (Å²) in [6, 6.07) is 0.494. The molecular weight excluding hydrogens is 771 g/mol. The quantitative estimate of drug-likeness (QED) is 0.0342. The van der Waals surface area contributed by atoms with Crippen LogP contribution in [-0.4, -0.2) is 62.3 Å². The van der Waals surface area contributed by atoms with Crippen molar-refractivity contribution < 1.29 is 28.6 Å². The third kappa shape index (κ3) is 39.9. The van der Waals surface area contributed by atoms with Gasteiger partial charge in [-0.1, -0.05) is 195 Å². The van der Waals surface area contributed by atoms with Crippen molar-refractivity contribution in [1.82, 2.24) is 4.90 Å². The molecule has 0 aromatic heterocycles. The molecule has 0 radical (unpaired) electrons. The van der Waals surface area contributed by atoms with Crippen LogP contribution >= 0.6 is 0 Å². The zero-order valence-electron chi connectivity index (χ0n) is 42.7. The van der Waals surface area contributed by atoms with E-state index >= 15 is 0 Å². The summed E-state index contributed by atoms with van der Waals surface area (Å²) in [5.74, 6) is 1.00. The number of carbonyl (C=O) groups excluding carboxylic acids is 3. The van der Waals surface area contributed by atoms with Crippen molar-refractivity contribution >= 4 is 17.9 Å². The van der Waals surface area contributed by atoms with Crippen molar-refractivity contribution in [3.05, 3.63) is 0 Å². The highest BCUT2D eigenvalue weighted by molar-refractivity contribution is 5.72. The molecule has 0 aliphatic carbocycles. The van der Waals surface area contributed by atoms with E-state index in [0.29, 0.717) is 50.5 Å². The number of hydrogen-bond acceptors (Lipinski definition) is 7. The maximum atomic E-state index is 13.2. The van der Waals surface area contributed by atoms with E-state index in [1.54, 1.807) is 0 Å². The summed E-state index contributed by atoms with van der Waals surface area (Å²) < 4.78 is 17.2. The Labute approximate surface area is 386 Å². The largest absolute Gasteiger partial charge is 0.466 e. The molecule has 2 unspecified atom stereocenters. The van der Waals surface area contributed by atoms with Crippen molar-refractivity contribution in [1.29, 1.82) is 0 Å². The molecule has 0 fully saturated rings. The van der Waals surface area contributed by atoms with Crippen LogP contribution in [0, 0.1) is 17.8 Å². The van der Waals surface area contributed by atoms with Gasteiger partial charge in [0.2, 0.25) is 0 Å². The van der Waals surface area contributed by atoms with Gasteiger partial charge in [-0.25, -0.2) is 0 Å². The molecular formula is C55H107NO6. The van der Waals surface area contributed by atoms with Crippen LogP contribution in [0.3, 0.4) is 0 Å². The summed E-state index contributed by atoms with van der Waals surface area (Å²) in [6.07, 6.45) is 41.9. The second-order valence-electron chi connectivity index (χ2n) is 19.6. The Kier molecular flexibility index (Phi) is 44.7. The first-order chi connectivity index (χ1) is 30.2. The first kappa shape index (κ1) is 60.4. The second kappa shape index (κ2) is 45.9. The number of carbonyl (C=O) groups is 3. The molecule has 0 aliphatic rings. The fraction of sp³-hybridized carbons (Fsp3) is 0.945. The van der Waals surface area contributed by atoms with Gasteiger partial charge in [-0.3, -0.25) is 14.4 Å². The molecule has 0 bridgehead atoms. The lowest BCUT2D eigenvalue weighted by molar-refractivity contribution is -0.149. The first-order valence-corrected chi connectivity index (χ1v) is 27.4. The molecule has 7 heteroatoms. The van der Waals surface area contributed by atoms with Crippen molar-refractivity contribution in [2.75, 3.05) is 33.4 Å². The summed E-state index contributed by atoms with van der Waals surface area (Å²) in [7, 11) is 2.13. The Hall–Kier alpha value is -1.63. The zero-order chi connectivity index (χ0) is 45.7. The molecule has 0 rings (SSSR count). The van der Waals surface area contributed by atoms with Crippen molar-refractivity contribution in [3.63, 3.8) is 0 Å². The van der Waals surface area contributed by atoms with Gasteiger partial charge in [0.15, 0.2) is 0 Å². The van der Waals surface area contributed by atoms with E-state index < -0.39 is 0 Å². The minimum atomic E-state index is 0.00468. The standard InChI is InChI=1S/C55H107NO6/c1-8-12-16-23-31-40-51(39-30-15-11-4)48-54(58)61-45-35-27-22-20-25-33-42-52(55(59)62-46-36-43-56(7)49(5)6)41-32-24-19-17-18-21-26-34-44-60-53(57)47-50(37-28-13-9-2)38-29-14-10-3/h49-52H,8-48H2,1-7H3. The monoisotopic (exact) mass is 878 g/mol. The van der Waals surface area contributed by atoms with E-state index in [1.807, 2.05) is 0 Å². The van der Waals surface area contributed by atoms with Gasteiger partial charge in [0, 0.05) is 25.4 Å². The van der Waals surface area contributed by atoms with E-state index in [2.05, 4.69) is 53.5 Å². The maximum Gasteiger partial charge on any atom is 0.308 e. The third-order valence-electron chi connectivity index (χ3n) is 13.3. The fourth-order valence-electron chi connectivity index (χ4n) is 8.74. The Morgan fingerprint density at radius 3 is 1.08 bits per heavy atom. The van der Waals surface area contributed by atoms with Crippen molar-refractivity contribution in [2.45, 2.75) is 285 Å². The fourth-order valence-corrected chi connectivity index (χ4v) is 8.74. The van der Waals surface area contributed by atoms with Gasteiger partial charge < -0.3 is 19.1 Å². The molecule has 0 saturated heterocycles. The van der Waals surface area contributed by atoms with Crippen LogP contribution in [-0.2, 0) is 28.6 Å². The van der Waals surface area contributed by atoms with Gasteiger partial charge in [-0.2, -0.15) is 0 Å². The lowest BCUT2D eigenvalue weighted by Gasteiger charge is -2.21. The van der Waals surface area contributed by atoms with Crippen molar-refractivity contribution in [2.24, 2.45) is 17.8 Å². The smallest absolute Gasteiger partial charge is 0.308 e. The molecule has 0 spiro atoms. The molecule has 0 amide bonds. The number of hydrogen-bond donors (Lipinski definition) is 0. The Bertz CT molecular complexity index is 977. The SMILES string of the molecule is CCCCCCCC(CCCCC)CC(=O)OCCCCCCCCC(CCCCCCCCCCOC(=O)CC(CCCCC)CCCCC)C(=O)OCCCN(C)C(C)C. The van der Waals surface area contributed by atoms with E-state index in [0.717, 1.165) is 103 Å². The first-order valence-electron chi connectivity index (χ1n) is 27.4. The average molecular weight is 878 g/mol. The van der Waals surface area contributed by atoms with E-state index in [4.69, 9.17) is 14.2 Å². The van der Waals surface area contributed by atoms with Gasteiger partial charge in [-0.05, 0) is 90.5 Å². The highest BCUT2D eigenvalue weighted by Gasteiger charge is 2.20. The summed E-state index contributed by atoms with van der Waals surface area (Å²) in [5.41, 5.74) is 0. The topological polar surface area (TPSA) is 82.1 Å². The summed E-state index contributed by atoms with van der Waals surface area (Å²) in [6.45, 7) is 15.9. The minimum Gasteiger partial charge on any atom is -0.466 e. The minimum absolute atomic E-state index is 0.00468. The molecule has 0 N–H and O–H groups in total. The zero-order valence-corrected chi connectivity index (χ0v) is 42.7. The van der Waals surface area contributed by atoms with Crippen molar-refractivity contribution in [3.8, 4) is 0 Å². The summed E-state index contributed by atoms with van der Waals surface area (Å²) in [4.78, 5) is 40.7. The van der Waals surface area contributed by atoms with E-state index in [9.17, 15) is 14.4 Å². The Balaban J connectivity index is 4.40. The molecule has 368 valence electrons. The lowest BCUT2D eigenvalue weighted by atomic mass is 9.92. The molecule has 2 atom stereocenters. The average Bonchev–Trinajstić information content (AvgIpc) is 3.25. The molecule has 0 saturated carbocycles. The number of esters is 3. The number of unbranched alkanes of at least 4 members (excludes halogenated alkanes) is 22. The molecule has 0 aromatic carbocycles. The van der Waals surface area contributed by atoms with Gasteiger partial charge in [-0.15, -0.1) is 0 Å². The van der Waals surface area contributed by atoms with Gasteiger partial charge in [0.05, 0.1) is 25.7 Å². The van der Waals surface area contributed by atoms with E-state index in [1.165, 1.54) is 128 Å². The second-order valence-corrected chi connectivity index (χ2v) is 19.6. The molecule has 7 nitrogen and oxygen atoms in total. The Morgan fingerprint density at radius 2 is 0.694 bits per heavy atom. The van der Waals surface area contributed by atoms with Crippen LogP contribution in [0.2, 0.25) is 0 Å². The highest BCUT2D eigenvalue weighted by Crippen LogP contribution is 2.24. The summed E-state index contributed by atoms with van der Waals surface area (Å²) >= 11 is 0.